The van der Waals surface area contributed by atoms with Crippen molar-refractivity contribution in [3.63, 3.8) is 0 Å². The summed E-state index contributed by atoms with van der Waals surface area (Å²) in [5, 5.41) is 9.99. The van der Waals surface area contributed by atoms with Crippen LogP contribution in [-0.2, 0) is 9.36 Å². The highest BCUT2D eigenvalue weighted by Gasteiger charge is 2.32. The molecule has 2 aromatic heterocycles. The minimum atomic E-state index is -2.46. The van der Waals surface area contributed by atoms with Crippen LogP contribution in [0.3, 0.4) is 0 Å². The van der Waals surface area contributed by atoms with Crippen molar-refractivity contribution >= 4 is 46.2 Å². The molecule has 0 fully saturated rings. The molecule has 0 atom stereocenters. The number of carbonyl (C=O) groups excluding carboxylic acids is 1. The molecule has 0 unspecified atom stereocenters. The van der Waals surface area contributed by atoms with Gasteiger partial charge in [0.25, 0.3) is 0 Å². The standard InChI is InChI=1S/C24H30N3O2PS/c1-15(2)30(29,16(3)4)21-9-7-20(8-10-21)27-24-17(5)22(11-12-25-24)19-13-23(31-14-19)26-18(6)28/h7-16H,1-6H3,(H,25,27)(H,26,28). The molecule has 2 heterocycles. The topological polar surface area (TPSA) is 71.1 Å². The third-order valence-electron chi connectivity index (χ3n) is 5.48. The zero-order chi connectivity index (χ0) is 22.8. The quantitative estimate of drug-likeness (QED) is 0.393. The van der Waals surface area contributed by atoms with Gasteiger partial charge < -0.3 is 15.2 Å². The van der Waals surface area contributed by atoms with E-state index >= 15 is 0 Å². The Kier molecular flexibility index (Phi) is 7.03. The van der Waals surface area contributed by atoms with Crippen molar-refractivity contribution in [2.45, 2.75) is 52.9 Å². The number of aromatic nitrogens is 1. The molecule has 0 saturated carbocycles. The van der Waals surface area contributed by atoms with E-state index in [1.54, 1.807) is 6.20 Å². The van der Waals surface area contributed by atoms with Gasteiger partial charge in [0.1, 0.15) is 13.0 Å². The largest absolute Gasteiger partial charge is 0.340 e. The number of rotatable bonds is 7. The number of pyridine rings is 1. The maximum Gasteiger partial charge on any atom is 0.221 e. The highest BCUT2D eigenvalue weighted by atomic mass is 32.1. The zero-order valence-corrected chi connectivity index (χ0v) is 20.6. The smallest absolute Gasteiger partial charge is 0.221 e. The Morgan fingerprint density at radius 1 is 1.06 bits per heavy atom. The first-order valence-corrected chi connectivity index (χ1v) is 13.1. The molecule has 164 valence electrons. The summed E-state index contributed by atoms with van der Waals surface area (Å²) in [5.74, 6) is 0.693. The van der Waals surface area contributed by atoms with Crippen molar-refractivity contribution in [2.75, 3.05) is 10.6 Å². The predicted octanol–water partition coefficient (Wildman–Crippen LogP) is 6.63. The van der Waals surface area contributed by atoms with E-state index in [9.17, 15) is 9.36 Å². The molecule has 7 heteroatoms. The van der Waals surface area contributed by atoms with Gasteiger partial charge >= 0.3 is 0 Å². The van der Waals surface area contributed by atoms with Crippen molar-refractivity contribution < 1.29 is 9.36 Å². The number of thiophene rings is 1. The van der Waals surface area contributed by atoms with Gasteiger partial charge in [0.15, 0.2) is 0 Å². The van der Waals surface area contributed by atoms with Gasteiger partial charge in [-0.3, -0.25) is 4.79 Å². The molecule has 2 N–H and O–H groups in total. The number of benzene rings is 1. The summed E-state index contributed by atoms with van der Waals surface area (Å²) in [7, 11) is -2.46. The maximum atomic E-state index is 13.6. The molecule has 0 aliphatic rings. The van der Waals surface area contributed by atoms with Crippen LogP contribution < -0.4 is 15.9 Å². The van der Waals surface area contributed by atoms with Crippen LogP contribution in [0.15, 0.2) is 48.0 Å². The molecule has 0 spiro atoms. The minimum absolute atomic E-state index is 0.0786. The fraction of sp³-hybridized carbons (Fsp3) is 0.333. The Morgan fingerprint density at radius 3 is 2.29 bits per heavy atom. The molecule has 0 radical (unpaired) electrons. The molecular formula is C24H30N3O2PS. The van der Waals surface area contributed by atoms with Crippen LogP contribution in [0.1, 0.15) is 40.2 Å². The van der Waals surface area contributed by atoms with Crippen LogP contribution in [-0.4, -0.2) is 22.2 Å². The van der Waals surface area contributed by atoms with Crippen molar-refractivity contribution in [1.82, 2.24) is 4.98 Å². The Labute approximate surface area is 188 Å². The van der Waals surface area contributed by atoms with Gasteiger partial charge in [0.05, 0.1) is 5.00 Å². The number of nitrogens with zero attached hydrogens (tertiary/aromatic N) is 1. The third kappa shape index (κ3) is 4.91. The van der Waals surface area contributed by atoms with Gasteiger partial charge in [0, 0.05) is 40.8 Å². The lowest BCUT2D eigenvalue weighted by Gasteiger charge is -2.26. The number of nitrogens with one attached hydrogen (secondary N) is 2. The summed E-state index contributed by atoms with van der Waals surface area (Å²) in [5.41, 5.74) is 4.25. The van der Waals surface area contributed by atoms with E-state index in [1.807, 2.05) is 76.4 Å². The van der Waals surface area contributed by atoms with Gasteiger partial charge in [-0.15, -0.1) is 11.3 Å². The molecule has 0 aliphatic carbocycles. The fourth-order valence-corrected chi connectivity index (χ4v) is 7.64. The average Bonchev–Trinajstić information content (AvgIpc) is 3.16. The number of amides is 1. The number of anilines is 3. The number of carbonyl (C=O) groups is 1. The molecule has 31 heavy (non-hydrogen) atoms. The summed E-state index contributed by atoms with van der Waals surface area (Å²) in [6.07, 6.45) is 1.78. The van der Waals surface area contributed by atoms with E-state index < -0.39 is 7.14 Å². The molecular weight excluding hydrogens is 425 g/mol. The predicted molar refractivity (Wildman–Crippen MR) is 134 cm³/mol. The van der Waals surface area contributed by atoms with Crippen molar-refractivity contribution in [1.29, 1.82) is 0 Å². The molecule has 0 aliphatic heterocycles. The number of hydrogen-bond donors (Lipinski definition) is 2. The van der Waals surface area contributed by atoms with Gasteiger partial charge in [0.2, 0.25) is 5.91 Å². The first kappa shape index (κ1) is 23.2. The van der Waals surface area contributed by atoms with Gasteiger partial charge in [-0.1, -0.05) is 27.7 Å². The van der Waals surface area contributed by atoms with Crippen molar-refractivity contribution in [2.24, 2.45) is 0 Å². The van der Waals surface area contributed by atoms with Gasteiger partial charge in [-0.05, 0) is 60.0 Å². The first-order valence-electron chi connectivity index (χ1n) is 10.4. The summed E-state index contributed by atoms with van der Waals surface area (Å²) in [6.45, 7) is 11.7. The van der Waals surface area contributed by atoms with Crippen LogP contribution in [0.25, 0.3) is 11.1 Å². The molecule has 0 saturated heterocycles. The van der Waals surface area contributed by atoms with Crippen LogP contribution in [0, 0.1) is 6.92 Å². The molecule has 5 nitrogen and oxygen atoms in total. The SMILES string of the molecule is CC(=O)Nc1cc(-c2ccnc(Nc3ccc(P(=O)(C(C)C)C(C)C)cc3)c2C)cs1. The summed E-state index contributed by atoms with van der Waals surface area (Å²) in [6, 6.07) is 11.8. The highest BCUT2D eigenvalue weighted by Crippen LogP contribution is 2.53. The lowest BCUT2D eigenvalue weighted by molar-refractivity contribution is -0.114. The summed E-state index contributed by atoms with van der Waals surface area (Å²) >= 11 is 1.50. The van der Waals surface area contributed by atoms with Crippen LogP contribution in [0.2, 0.25) is 0 Å². The Balaban J connectivity index is 1.85. The highest BCUT2D eigenvalue weighted by molar-refractivity contribution is 7.72. The zero-order valence-electron chi connectivity index (χ0n) is 18.9. The maximum absolute atomic E-state index is 13.6. The van der Waals surface area contributed by atoms with E-state index in [4.69, 9.17) is 0 Å². The summed E-state index contributed by atoms with van der Waals surface area (Å²) < 4.78 is 13.6. The van der Waals surface area contributed by atoms with E-state index in [-0.39, 0.29) is 17.2 Å². The van der Waals surface area contributed by atoms with E-state index in [0.717, 1.165) is 38.5 Å². The van der Waals surface area contributed by atoms with Gasteiger partial charge in [-0.25, -0.2) is 4.98 Å². The lowest BCUT2D eigenvalue weighted by Crippen LogP contribution is -2.19. The minimum Gasteiger partial charge on any atom is -0.340 e. The second kappa shape index (κ2) is 9.37. The average molecular weight is 456 g/mol. The normalized spacial score (nSPS) is 11.7. The fourth-order valence-electron chi connectivity index (χ4n) is 3.80. The van der Waals surface area contributed by atoms with E-state index in [2.05, 4.69) is 15.6 Å². The lowest BCUT2D eigenvalue weighted by atomic mass is 10.0. The second-order valence-electron chi connectivity index (χ2n) is 8.28. The van der Waals surface area contributed by atoms with Gasteiger partial charge in [-0.2, -0.15) is 0 Å². The third-order valence-corrected chi connectivity index (χ3v) is 10.5. The van der Waals surface area contributed by atoms with Crippen molar-refractivity contribution in [3.05, 3.63) is 53.5 Å². The monoisotopic (exact) mass is 455 g/mol. The molecule has 1 amide bonds. The summed E-state index contributed by atoms with van der Waals surface area (Å²) in [4.78, 5) is 15.8. The molecule has 3 aromatic rings. The Morgan fingerprint density at radius 2 is 1.71 bits per heavy atom. The van der Waals surface area contributed by atoms with E-state index in [1.165, 1.54) is 18.3 Å². The second-order valence-corrected chi connectivity index (χ2v) is 13.2. The molecule has 0 bridgehead atoms. The van der Waals surface area contributed by atoms with Crippen LogP contribution in [0.5, 0.6) is 0 Å². The van der Waals surface area contributed by atoms with Crippen LogP contribution >= 0.6 is 18.5 Å². The van der Waals surface area contributed by atoms with Crippen LogP contribution in [0.4, 0.5) is 16.5 Å². The van der Waals surface area contributed by atoms with E-state index in [0.29, 0.717) is 0 Å². The molecule has 1 aromatic carbocycles. The molecule has 3 rings (SSSR count). The Hall–Kier alpha value is -2.43. The Bertz CT molecular complexity index is 1110. The number of hydrogen-bond acceptors (Lipinski definition) is 5. The van der Waals surface area contributed by atoms with Crippen molar-refractivity contribution in [3.8, 4) is 11.1 Å². The first-order chi connectivity index (χ1) is 14.6.